The van der Waals surface area contributed by atoms with Gasteiger partial charge in [0.15, 0.2) is 5.96 Å². The van der Waals surface area contributed by atoms with Gasteiger partial charge in [-0.1, -0.05) is 5.16 Å². The maximum absolute atomic E-state index is 4.89. The molecule has 0 saturated carbocycles. The molecule has 0 radical (unpaired) electrons. The fourth-order valence-corrected chi connectivity index (χ4v) is 3.35. The van der Waals surface area contributed by atoms with E-state index in [1.54, 1.807) is 17.6 Å². The van der Waals surface area contributed by atoms with Gasteiger partial charge in [0.25, 0.3) is 0 Å². The van der Waals surface area contributed by atoms with Gasteiger partial charge in [-0.2, -0.15) is 0 Å². The summed E-state index contributed by atoms with van der Waals surface area (Å²) in [6.45, 7) is 7.47. The zero-order valence-corrected chi connectivity index (χ0v) is 14.3. The predicted molar refractivity (Wildman–Crippen MR) is 90.4 cm³/mol. The topological polar surface area (TPSA) is 69.8 Å². The molecule has 23 heavy (non-hydrogen) atoms. The first-order valence-electron chi connectivity index (χ1n) is 7.73. The summed E-state index contributed by atoms with van der Waals surface area (Å²) in [6, 6.07) is 1.92. The summed E-state index contributed by atoms with van der Waals surface area (Å²) in [4.78, 5) is 13.5. The van der Waals surface area contributed by atoms with E-state index in [0.717, 1.165) is 61.6 Å². The molecule has 0 amide bonds. The van der Waals surface area contributed by atoms with E-state index in [9.17, 15) is 0 Å². The summed E-state index contributed by atoms with van der Waals surface area (Å²) in [7, 11) is 1.83. The van der Waals surface area contributed by atoms with Crippen LogP contribution in [0.15, 0.2) is 27.2 Å². The van der Waals surface area contributed by atoms with Crippen molar-refractivity contribution >= 4 is 17.3 Å². The van der Waals surface area contributed by atoms with Crippen LogP contribution in [0.5, 0.6) is 0 Å². The molecule has 1 aliphatic heterocycles. The number of aromatic nitrogens is 2. The minimum atomic E-state index is 0.727. The fourth-order valence-electron chi connectivity index (χ4n) is 2.64. The minimum absolute atomic E-state index is 0.727. The number of piperazine rings is 1. The van der Waals surface area contributed by atoms with Gasteiger partial charge in [0.2, 0.25) is 0 Å². The fraction of sp³-hybridized carbons (Fsp3) is 0.533. The van der Waals surface area contributed by atoms with Crippen LogP contribution in [0.25, 0.3) is 0 Å². The quantitative estimate of drug-likeness (QED) is 0.672. The molecule has 1 fully saturated rings. The highest BCUT2D eigenvalue weighted by Gasteiger charge is 2.20. The van der Waals surface area contributed by atoms with E-state index in [-0.39, 0.29) is 0 Å². The van der Waals surface area contributed by atoms with Gasteiger partial charge in [-0.3, -0.25) is 9.89 Å². The third-order valence-electron chi connectivity index (χ3n) is 3.82. The first-order valence-corrected chi connectivity index (χ1v) is 8.61. The van der Waals surface area contributed by atoms with Crippen molar-refractivity contribution in [2.24, 2.45) is 4.99 Å². The van der Waals surface area contributed by atoms with Crippen LogP contribution in [-0.4, -0.2) is 59.1 Å². The Morgan fingerprint density at radius 1 is 1.39 bits per heavy atom. The van der Waals surface area contributed by atoms with E-state index >= 15 is 0 Å². The lowest BCUT2D eigenvalue weighted by molar-refractivity contribution is 0.169. The summed E-state index contributed by atoms with van der Waals surface area (Å²) >= 11 is 1.68. The van der Waals surface area contributed by atoms with Gasteiger partial charge < -0.3 is 14.7 Å². The van der Waals surface area contributed by atoms with Gasteiger partial charge in [0.05, 0.1) is 12.2 Å². The molecule has 7 nitrogen and oxygen atoms in total. The summed E-state index contributed by atoms with van der Waals surface area (Å²) in [5.74, 6) is 0.943. The number of aliphatic imine (C=N–C) groups is 1. The van der Waals surface area contributed by atoms with Crippen molar-refractivity contribution < 1.29 is 4.52 Å². The van der Waals surface area contributed by atoms with E-state index in [4.69, 9.17) is 4.52 Å². The zero-order chi connectivity index (χ0) is 16.1. The van der Waals surface area contributed by atoms with Crippen LogP contribution in [0.3, 0.4) is 0 Å². The summed E-state index contributed by atoms with van der Waals surface area (Å²) < 4.78 is 4.89. The van der Waals surface area contributed by atoms with Crippen molar-refractivity contribution in [3.63, 3.8) is 0 Å². The highest BCUT2D eigenvalue weighted by atomic mass is 32.1. The molecule has 2 aromatic heterocycles. The Labute approximate surface area is 140 Å². The van der Waals surface area contributed by atoms with E-state index < -0.39 is 0 Å². The van der Waals surface area contributed by atoms with Crippen LogP contribution < -0.4 is 5.32 Å². The van der Waals surface area contributed by atoms with Crippen LogP contribution in [0.4, 0.5) is 0 Å². The van der Waals surface area contributed by atoms with Gasteiger partial charge in [-0.25, -0.2) is 4.98 Å². The van der Waals surface area contributed by atoms with E-state index in [1.807, 2.05) is 20.0 Å². The Bertz CT molecular complexity index is 630. The van der Waals surface area contributed by atoms with E-state index in [0.29, 0.717) is 0 Å². The van der Waals surface area contributed by atoms with E-state index in [1.165, 1.54) is 0 Å². The van der Waals surface area contributed by atoms with Crippen LogP contribution in [-0.2, 0) is 13.1 Å². The lowest BCUT2D eigenvalue weighted by Crippen LogP contribution is -2.52. The number of rotatable bonds is 4. The third-order valence-corrected chi connectivity index (χ3v) is 4.79. The van der Waals surface area contributed by atoms with Crippen LogP contribution in [0.2, 0.25) is 0 Å². The molecule has 1 saturated heterocycles. The molecule has 0 aromatic carbocycles. The lowest BCUT2D eigenvalue weighted by Gasteiger charge is -2.36. The maximum atomic E-state index is 4.89. The largest absolute Gasteiger partial charge is 0.364 e. The lowest BCUT2D eigenvalue weighted by atomic mass is 10.3. The number of thiazole rings is 1. The van der Waals surface area contributed by atoms with Crippen LogP contribution in [0.1, 0.15) is 16.4 Å². The number of aryl methyl sites for hydroxylation is 1. The molecule has 2 aromatic rings. The second kappa shape index (κ2) is 7.56. The minimum Gasteiger partial charge on any atom is -0.364 e. The third kappa shape index (κ3) is 4.29. The Balaban J connectivity index is 1.47. The van der Waals surface area contributed by atoms with E-state index in [2.05, 4.69) is 35.6 Å². The highest BCUT2D eigenvalue weighted by molar-refractivity contribution is 7.09. The normalized spacial score (nSPS) is 16.8. The van der Waals surface area contributed by atoms with Crippen molar-refractivity contribution in [2.45, 2.75) is 20.0 Å². The van der Waals surface area contributed by atoms with Crippen molar-refractivity contribution in [1.29, 1.82) is 0 Å². The van der Waals surface area contributed by atoms with Gasteiger partial charge >= 0.3 is 0 Å². The molecule has 0 unspecified atom stereocenters. The van der Waals surface area contributed by atoms with Crippen LogP contribution in [0, 0.1) is 6.92 Å². The highest BCUT2D eigenvalue weighted by Crippen LogP contribution is 2.10. The molecule has 0 bridgehead atoms. The number of hydrogen-bond donors (Lipinski definition) is 1. The number of hydrogen-bond acceptors (Lipinski definition) is 6. The SMILES string of the molecule is CN=C(NCc1nc(C)cs1)N1CCN(Cc2ccon2)CC1. The standard InChI is InChI=1S/C15H22N6OS/c1-12-11-23-14(18-12)9-17-15(16-2)21-6-4-20(5-7-21)10-13-3-8-22-19-13/h3,8,11H,4-7,9-10H2,1-2H3,(H,16,17). The monoisotopic (exact) mass is 334 g/mol. The Morgan fingerprint density at radius 3 is 2.83 bits per heavy atom. The smallest absolute Gasteiger partial charge is 0.194 e. The zero-order valence-electron chi connectivity index (χ0n) is 13.5. The first kappa shape index (κ1) is 15.9. The van der Waals surface area contributed by atoms with Crippen molar-refractivity contribution in [3.05, 3.63) is 34.1 Å². The number of guanidine groups is 1. The van der Waals surface area contributed by atoms with Crippen molar-refractivity contribution in [3.8, 4) is 0 Å². The summed E-state index contributed by atoms with van der Waals surface area (Å²) in [6.07, 6.45) is 1.62. The predicted octanol–water partition coefficient (Wildman–Crippen LogP) is 1.33. The van der Waals surface area contributed by atoms with Crippen molar-refractivity contribution in [2.75, 3.05) is 33.2 Å². The molecule has 3 rings (SSSR count). The molecular formula is C15H22N6OS. The molecule has 1 N–H and O–H groups in total. The molecule has 124 valence electrons. The van der Waals surface area contributed by atoms with Gasteiger partial charge in [0.1, 0.15) is 11.3 Å². The average molecular weight is 334 g/mol. The van der Waals surface area contributed by atoms with Crippen LogP contribution >= 0.6 is 11.3 Å². The summed E-state index contributed by atoms with van der Waals surface area (Å²) in [5, 5.41) is 10.5. The molecule has 3 heterocycles. The number of nitrogens with zero attached hydrogens (tertiary/aromatic N) is 5. The Morgan fingerprint density at radius 2 is 2.22 bits per heavy atom. The molecule has 0 atom stereocenters. The Hall–Kier alpha value is -1.93. The molecule has 0 aliphatic carbocycles. The summed E-state index contributed by atoms with van der Waals surface area (Å²) in [5.41, 5.74) is 2.06. The molecular weight excluding hydrogens is 312 g/mol. The second-order valence-corrected chi connectivity index (χ2v) is 6.48. The Kier molecular flexibility index (Phi) is 5.24. The average Bonchev–Trinajstić information content (AvgIpc) is 3.21. The second-order valence-electron chi connectivity index (χ2n) is 5.54. The van der Waals surface area contributed by atoms with Gasteiger partial charge in [-0.05, 0) is 6.92 Å². The molecule has 1 aliphatic rings. The number of nitrogens with one attached hydrogen (secondary N) is 1. The molecule has 8 heteroatoms. The van der Waals surface area contributed by atoms with Gasteiger partial charge in [0, 0.05) is 56.9 Å². The first-order chi connectivity index (χ1) is 11.2. The molecule has 0 spiro atoms. The van der Waals surface area contributed by atoms with Crippen molar-refractivity contribution in [1.82, 2.24) is 25.3 Å². The maximum Gasteiger partial charge on any atom is 0.194 e. The van der Waals surface area contributed by atoms with Gasteiger partial charge in [-0.15, -0.1) is 11.3 Å².